The van der Waals surface area contributed by atoms with Gasteiger partial charge in [0.2, 0.25) is 0 Å². The fourth-order valence-corrected chi connectivity index (χ4v) is 1.04. The molecule has 0 heterocycles. The molecule has 0 aliphatic heterocycles. The Morgan fingerprint density at radius 3 is 2.54 bits per heavy atom. The van der Waals surface area contributed by atoms with Crippen molar-refractivity contribution < 1.29 is 9.53 Å². The first-order chi connectivity index (χ1) is 6.36. The summed E-state index contributed by atoms with van der Waals surface area (Å²) in [5.41, 5.74) is 1.02. The number of rotatable bonds is 3. The van der Waals surface area contributed by atoms with Gasteiger partial charge in [-0.25, -0.2) is 0 Å². The van der Waals surface area contributed by atoms with Crippen LogP contribution in [0.1, 0.15) is 5.56 Å². The van der Waals surface area contributed by atoms with Crippen LogP contribution in [-0.4, -0.2) is 5.97 Å². The van der Waals surface area contributed by atoms with Crippen LogP contribution in [0, 0.1) is 5.92 Å². The van der Waals surface area contributed by atoms with E-state index in [9.17, 15) is 4.79 Å². The van der Waals surface area contributed by atoms with Gasteiger partial charge in [-0.1, -0.05) is 42.5 Å². The lowest BCUT2D eigenvalue weighted by Gasteiger charge is -2.02. The van der Waals surface area contributed by atoms with Crippen molar-refractivity contribution in [2.24, 2.45) is 5.92 Å². The fourth-order valence-electron chi connectivity index (χ4n) is 1.04. The number of esters is 1. The molecule has 2 rings (SSSR count). The van der Waals surface area contributed by atoms with Gasteiger partial charge in [0, 0.05) is 0 Å². The summed E-state index contributed by atoms with van der Waals surface area (Å²) >= 11 is 0. The molecule has 2 nitrogen and oxygen atoms in total. The van der Waals surface area contributed by atoms with Crippen LogP contribution < -0.4 is 0 Å². The highest BCUT2D eigenvalue weighted by Crippen LogP contribution is 2.17. The van der Waals surface area contributed by atoms with Crippen molar-refractivity contribution in [3.63, 3.8) is 0 Å². The minimum atomic E-state index is -0.149. The van der Waals surface area contributed by atoms with Gasteiger partial charge in [-0.15, -0.1) is 0 Å². The van der Waals surface area contributed by atoms with Crippen molar-refractivity contribution in [2.45, 2.75) is 6.61 Å². The first-order valence-corrected chi connectivity index (χ1v) is 4.25. The summed E-state index contributed by atoms with van der Waals surface area (Å²) in [5, 5.41) is 0. The Bertz CT molecular complexity index is 321. The molecule has 66 valence electrons. The van der Waals surface area contributed by atoms with Gasteiger partial charge in [0.05, 0.1) is 5.92 Å². The summed E-state index contributed by atoms with van der Waals surface area (Å²) in [7, 11) is 0. The molecule has 0 spiro atoms. The van der Waals surface area contributed by atoms with Gasteiger partial charge in [0.25, 0.3) is 0 Å². The zero-order chi connectivity index (χ0) is 9.10. The summed E-state index contributed by atoms with van der Waals surface area (Å²) < 4.78 is 5.05. The third-order valence-corrected chi connectivity index (χ3v) is 1.88. The molecule has 0 N–H and O–H groups in total. The molecular formula is C11H10O2. The number of hydrogen-bond donors (Lipinski definition) is 0. The van der Waals surface area contributed by atoms with E-state index in [0.717, 1.165) is 5.56 Å². The van der Waals surface area contributed by atoms with Gasteiger partial charge in [-0.3, -0.25) is 4.79 Å². The largest absolute Gasteiger partial charge is 0.460 e. The quantitative estimate of drug-likeness (QED) is 0.517. The van der Waals surface area contributed by atoms with Gasteiger partial charge >= 0.3 is 5.97 Å². The van der Waals surface area contributed by atoms with Gasteiger partial charge in [-0.05, 0) is 5.56 Å². The van der Waals surface area contributed by atoms with Crippen molar-refractivity contribution in [2.75, 3.05) is 0 Å². The normalized spacial score (nSPS) is 14.2. The second kappa shape index (κ2) is 3.44. The zero-order valence-electron chi connectivity index (χ0n) is 7.14. The number of carbonyl (C=O) groups excluding carboxylic acids is 1. The molecule has 1 aromatic rings. The van der Waals surface area contributed by atoms with Crippen molar-refractivity contribution in [1.82, 2.24) is 0 Å². The highest BCUT2D eigenvalue weighted by molar-refractivity contribution is 5.80. The highest BCUT2D eigenvalue weighted by Gasteiger charge is 2.21. The van der Waals surface area contributed by atoms with Crippen molar-refractivity contribution >= 4 is 5.97 Å². The van der Waals surface area contributed by atoms with Crippen LogP contribution in [0.25, 0.3) is 0 Å². The Balaban J connectivity index is 1.82. The Kier molecular flexibility index (Phi) is 2.13. The predicted octanol–water partition coefficient (Wildman–Crippen LogP) is 1.92. The third-order valence-electron chi connectivity index (χ3n) is 1.88. The molecule has 1 aliphatic carbocycles. The minimum Gasteiger partial charge on any atom is -0.460 e. The van der Waals surface area contributed by atoms with Crippen LogP contribution in [0.4, 0.5) is 0 Å². The monoisotopic (exact) mass is 174 g/mol. The van der Waals surface area contributed by atoms with Gasteiger partial charge in [0.15, 0.2) is 0 Å². The highest BCUT2D eigenvalue weighted by atomic mass is 16.5. The number of carbonyl (C=O) groups is 1. The molecule has 2 heteroatoms. The van der Waals surface area contributed by atoms with E-state index in [1.54, 1.807) is 0 Å². The molecule has 0 aromatic heterocycles. The predicted molar refractivity (Wildman–Crippen MR) is 48.9 cm³/mol. The van der Waals surface area contributed by atoms with Crippen LogP contribution in [-0.2, 0) is 16.1 Å². The molecule has 13 heavy (non-hydrogen) atoms. The van der Waals surface area contributed by atoms with E-state index in [2.05, 4.69) is 0 Å². The lowest BCUT2D eigenvalue weighted by atomic mass is 10.2. The molecule has 0 radical (unpaired) electrons. The third kappa shape index (κ3) is 2.18. The molecule has 0 amide bonds. The van der Waals surface area contributed by atoms with E-state index in [4.69, 9.17) is 4.74 Å². The standard InChI is InChI=1S/C11H10O2/c12-11(10-6-7-10)13-8-9-4-2-1-3-5-9/h1-7,10H,8H2. The average molecular weight is 174 g/mol. The van der Waals surface area contributed by atoms with Gasteiger partial charge in [-0.2, -0.15) is 0 Å². The molecule has 1 aromatic carbocycles. The smallest absolute Gasteiger partial charge is 0.317 e. The maximum absolute atomic E-state index is 11.1. The van der Waals surface area contributed by atoms with Gasteiger partial charge < -0.3 is 4.74 Å². The van der Waals surface area contributed by atoms with E-state index in [1.165, 1.54) is 0 Å². The summed E-state index contributed by atoms with van der Waals surface area (Å²) in [4.78, 5) is 11.1. The Morgan fingerprint density at radius 2 is 1.92 bits per heavy atom. The summed E-state index contributed by atoms with van der Waals surface area (Å²) in [5.74, 6) is -0.201. The molecule has 0 fully saturated rings. The molecule has 0 bridgehead atoms. The first-order valence-electron chi connectivity index (χ1n) is 4.25. The number of benzene rings is 1. The first kappa shape index (κ1) is 8.05. The van der Waals surface area contributed by atoms with Crippen molar-refractivity contribution in [1.29, 1.82) is 0 Å². The maximum atomic E-state index is 11.1. The van der Waals surface area contributed by atoms with Crippen LogP contribution in [0.3, 0.4) is 0 Å². The average Bonchev–Trinajstić information content (AvgIpc) is 2.99. The maximum Gasteiger partial charge on any atom is 0.317 e. The van der Waals surface area contributed by atoms with E-state index in [0.29, 0.717) is 6.61 Å². The molecule has 1 aliphatic rings. The molecule has 0 unspecified atom stereocenters. The van der Waals surface area contributed by atoms with E-state index < -0.39 is 0 Å². The SMILES string of the molecule is O=C(OCc1ccccc1)C1C=C1. The molecule has 0 saturated heterocycles. The lowest BCUT2D eigenvalue weighted by molar-refractivity contribution is -0.145. The van der Waals surface area contributed by atoms with Crippen molar-refractivity contribution in [3.05, 3.63) is 48.0 Å². The molecule has 0 atom stereocenters. The van der Waals surface area contributed by atoms with E-state index >= 15 is 0 Å². The molecular weight excluding hydrogens is 164 g/mol. The molecule has 0 saturated carbocycles. The minimum absolute atomic E-state index is 0.0521. The van der Waals surface area contributed by atoms with Gasteiger partial charge in [0.1, 0.15) is 6.61 Å². The number of hydrogen-bond acceptors (Lipinski definition) is 2. The van der Waals surface area contributed by atoms with Crippen LogP contribution in [0.2, 0.25) is 0 Å². The van der Waals surface area contributed by atoms with E-state index in [1.807, 2.05) is 42.5 Å². The van der Waals surface area contributed by atoms with E-state index in [-0.39, 0.29) is 11.9 Å². The Morgan fingerprint density at radius 1 is 1.23 bits per heavy atom. The Hall–Kier alpha value is -1.57. The topological polar surface area (TPSA) is 26.3 Å². The second-order valence-corrected chi connectivity index (χ2v) is 3.00. The van der Waals surface area contributed by atoms with Crippen LogP contribution in [0.5, 0.6) is 0 Å². The second-order valence-electron chi connectivity index (χ2n) is 3.00. The summed E-state index contributed by atoms with van der Waals surface area (Å²) in [6.45, 7) is 0.373. The summed E-state index contributed by atoms with van der Waals surface area (Å²) in [6, 6.07) is 9.67. The summed E-state index contributed by atoms with van der Waals surface area (Å²) in [6.07, 6.45) is 3.65. The van der Waals surface area contributed by atoms with Crippen LogP contribution >= 0.6 is 0 Å². The Labute approximate surface area is 76.8 Å². The number of ether oxygens (including phenoxy) is 1. The fraction of sp³-hybridized carbons (Fsp3) is 0.182. The zero-order valence-corrected chi connectivity index (χ0v) is 7.14. The lowest BCUT2D eigenvalue weighted by Crippen LogP contribution is -2.06. The van der Waals surface area contributed by atoms with Crippen LogP contribution in [0.15, 0.2) is 42.5 Å². The van der Waals surface area contributed by atoms with Crippen molar-refractivity contribution in [3.8, 4) is 0 Å².